The maximum atomic E-state index is 11.1. The van der Waals surface area contributed by atoms with E-state index in [4.69, 9.17) is 17.3 Å². The van der Waals surface area contributed by atoms with Gasteiger partial charge in [-0.1, -0.05) is 5.92 Å². The van der Waals surface area contributed by atoms with Gasteiger partial charge >= 0.3 is 5.97 Å². The maximum absolute atomic E-state index is 11.1. The van der Waals surface area contributed by atoms with Gasteiger partial charge in [-0.05, 0) is 18.1 Å². The summed E-state index contributed by atoms with van der Waals surface area (Å²) in [5.41, 5.74) is 5.73. The molecule has 0 fully saturated rings. The van der Waals surface area contributed by atoms with Crippen molar-refractivity contribution in [2.45, 2.75) is 12.5 Å². The van der Waals surface area contributed by atoms with Gasteiger partial charge in [0.2, 0.25) is 0 Å². The van der Waals surface area contributed by atoms with Crippen LogP contribution in [0.5, 0.6) is 0 Å². The summed E-state index contributed by atoms with van der Waals surface area (Å²) in [6.45, 7) is 0. The molecule has 0 aliphatic carbocycles. The Balaban J connectivity index is 2.84. The number of hydrogen-bond acceptors (Lipinski definition) is 4. The Labute approximate surface area is 93.6 Å². The maximum Gasteiger partial charge on any atom is 0.320 e. The fourth-order valence-electron chi connectivity index (χ4n) is 1.30. The van der Waals surface area contributed by atoms with Crippen molar-refractivity contribution in [3.05, 3.63) is 22.5 Å². The summed E-state index contributed by atoms with van der Waals surface area (Å²) in [5.74, 6) is 0.581. The number of carboxylic acid groups (broad SMARTS) is 1. The summed E-state index contributed by atoms with van der Waals surface area (Å²) in [4.78, 5) is 10.5. The lowest BCUT2D eigenvalue weighted by Gasteiger charge is -2.12. The molecule has 0 aromatic rings. The number of hydrogen-bond donors (Lipinski definition) is 2. The predicted molar refractivity (Wildman–Crippen MR) is 58.7 cm³/mol. The van der Waals surface area contributed by atoms with E-state index < -0.39 is 27.8 Å². The van der Waals surface area contributed by atoms with Gasteiger partial charge in [-0.25, -0.2) is 8.42 Å². The van der Waals surface area contributed by atoms with Crippen LogP contribution in [0.25, 0.3) is 0 Å². The van der Waals surface area contributed by atoms with E-state index in [9.17, 15) is 13.2 Å². The van der Waals surface area contributed by atoms with Crippen molar-refractivity contribution < 1.29 is 18.3 Å². The van der Waals surface area contributed by atoms with Crippen molar-refractivity contribution in [1.82, 2.24) is 0 Å². The second-order valence-corrected chi connectivity index (χ2v) is 5.10. The zero-order valence-electron chi connectivity index (χ0n) is 8.33. The zero-order valence-corrected chi connectivity index (χ0v) is 9.15. The Kier molecular flexibility index (Phi) is 3.52. The minimum atomic E-state index is -3.33. The van der Waals surface area contributed by atoms with E-state index in [0.717, 1.165) is 10.8 Å². The third-order valence-corrected chi connectivity index (χ3v) is 3.28. The van der Waals surface area contributed by atoms with Crippen LogP contribution in [0.3, 0.4) is 0 Å². The Morgan fingerprint density at radius 3 is 2.62 bits per heavy atom. The highest BCUT2D eigenvalue weighted by Crippen LogP contribution is 2.24. The molecule has 0 aromatic heterocycles. The van der Waals surface area contributed by atoms with Crippen molar-refractivity contribution in [2.24, 2.45) is 11.7 Å². The average molecular weight is 241 g/mol. The molecule has 0 radical (unpaired) electrons. The molecule has 5 nitrogen and oxygen atoms in total. The second kappa shape index (κ2) is 4.51. The molecule has 0 bridgehead atoms. The molecule has 0 saturated carbocycles. The number of carboxylic acids is 1. The van der Waals surface area contributed by atoms with Crippen molar-refractivity contribution in [1.29, 1.82) is 0 Å². The highest BCUT2D eigenvalue weighted by Gasteiger charge is 2.23. The standard InChI is InChI=1S/C10H11NO4S/c1-2-7(5-9(11)10(12)13)8-3-4-16(14,15)6-8/h1,3-4,6-7,9H,5,11H2,(H,12,13)/t7-,9+/m0/s1. The third-order valence-electron chi connectivity index (χ3n) is 2.16. The average Bonchev–Trinajstić information content (AvgIpc) is 2.54. The zero-order chi connectivity index (χ0) is 12.3. The van der Waals surface area contributed by atoms with E-state index >= 15 is 0 Å². The summed E-state index contributed by atoms with van der Waals surface area (Å²) in [6.07, 6.45) is 6.60. The molecule has 1 rings (SSSR count). The molecule has 2 atom stereocenters. The van der Waals surface area contributed by atoms with Crippen molar-refractivity contribution in [3.63, 3.8) is 0 Å². The van der Waals surface area contributed by atoms with Crippen LogP contribution in [0.4, 0.5) is 0 Å². The number of carbonyl (C=O) groups is 1. The van der Waals surface area contributed by atoms with Crippen LogP contribution in [0.15, 0.2) is 22.5 Å². The highest BCUT2D eigenvalue weighted by atomic mass is 32.2. The minimum absolute atomic E-state index is 0.0114. The lowest BCUT2D eigenvalue weighted by atomic mass is 9.94. The minimum Gasteiger partial charge on any atom is -0.480 e. The molecule has 0 unspecified atom stereocenters. The van der Waals surface area contributed by atoms with Crippen LogP contribution in [0.1, 0.15) is 6.42 Å². The molecular formula is C10H11NO4S. The van der Waals surface area contributed by atoms with Crippen molar-refractivity contribution in [3.8, 4) is 12.3 Å². The number of terminal acetylenes is 1. The molecule has 0 amide bonds. The first-order valence-electron chi connectivity index (χ1n) is 4.45. The smallest absolute Gasteiger partial charge is 0.320 e. The molecule has 3 N–H and O–H groups in total. The van der Waals surface area contributed by atoms with Gasteiger partial charge in [-0.2, -0.15) is 0 Å². The summed E-state index contributed by atoms with van der Waals surface area (Å²) in [5, 5.41) is 10.7. The summed E-state index contributed by atoms with van der Waals surface area (Å²) >= 11 is 0. The Morgan fingerprint density at radius 1 is 1.62 bits per heavy atom. The largest absolute Gasteiger partial charge is 0.480 e. The van der Waals surface area contributed by atoms with Crippen LogP contribution in [-0.4, -0.2) is 25.5 Å². The second-order valence-electron chi connectivity index (χ2n) is 3.41. The number of allylic oxidation sites excluding steroid dienone is 2. The van der Waals surface area contributed by atoms with E-state index in [-0.39, 0.29) is 6.42 Å². The van der Waals surface area contributed by atoms with E-state index in [1.165, 1.54) is 6.08 Å². The van der Waals surface area contributed by atoms with E-state index in [0.29, 0.717) is 5.57 Å². The first-order chi connectivity index (χ1) is 7.35. The van der Waals surface area contributed by atoms with Crippen molar-refractivity contribution in [2.75, 3.05) is 0 Å². The van der Waals surface area contributed by atoms with Crippen LogP contribution in [0, 0.1) is 18.3 Å². The Hall–Kier alpha value is -1.58. The van der Waals surface area contributed by atoms with Crippen LogP contribution >= 0.6 is 0 Å². The van der Waals surface area contributed by atoms with Crippen LogP contribution < -0.4 is 5.73 Å². The fourth-order valence-corrected chi connectivity index (χ4v) is 2.34. The Morgan fingerprint density at radius 2 is 2.25 bits per heavy atom. The molecular weight excluding hydrogens is 230 g/mol. The monoisotopic (exact) mass is 241 g/mol. The molecule has 1 aliphatic rings. The molecule has 6 heteroatoms. The molecule has 0 spiro atoms. The number of sulfone groups is 1. The van der Waals surface area contributed by atoms with Gasteiger partial charge in [0.05, 0.1) is 0 Å². The van der Waals surface area contributed by atoms with Gasteiger partial charge in [0, 0.05) is 16.7 Å². The first kappa shape index (κ1) is 12.5. The number of rotatable bonds is 4. The first-order valence-corrected chi connectivity index (χ1v) is 6.06. The van der Waals surface area contributed by atoms with Gasteiger partial charge in [0.15, 0.2) is 9.84 Å². The topological polar surface area (TPSA) is 97.5 Å². The van der Waals surface area contributed by atoms with Gasteiger partial charge in [0.25, 0.3) is 0 Å². The third kappa shape index (κ3) is 2.95. The molecule has 86 valence electrons. The summed E-state index contributed by atoms with van der Waals surface area (Å²) < 4.78 is 22.2. The fraction of sp³-hybridized carbons (Fsp3) is 0.300. The van der Waals surface area contributed by atoms with Gasteiger partial charge in [-0.15, -0.1) is 6.42 Å². The van der Waals surface area contributed by atoms with Gasteiger partial charge in [0.1, 0.15) is 6.04 Å². The quantitative estimate of drug-likeness (QED) is 0.668. The summed E-state index contributed by atoms with van der Waals surface area (Å²) in [6, 6.07) is -1.10. The van der Waals surface area contributed by atoms with E-state index in [1.54, 1.807) is 0 Å². The summed E-state index contributed by atoms with van der Waals surface area (Å²) in [7, 11) is -3.33. The molecule has 0 aromatic carbocycles. The van der Waals surface area contributed by atoms with Crippen molar-refractivity contribution >= 4 is 15.8 Å². The van der Waals surface area contributed by atoms with Crippen LogP contribution in [0.2, 0.25) is 0 Å². The van der Waals surface area contributed by atoms with Gasteiger partial charge in [-0.3, -0.25) is 4.79 Å². The number of nitrogens with two attached hydrogens (primary N) is 1. The predicted octanol–water partition coefficient (Wildman–Crippen LogP) is -0.136. The van der Waals surface area contributed by atoms with E-state index in [1.807, 2.05) is 0 Å². The normalized spacial score (nSPS) is 20.9. The number of aliphatic carboxylic acids is 1. The highest BCUT2D eigenvalue weighted by molar-refractivity contribution is 7.97. The molecule has 1 heterocycles. The van der Waals surface area contributed by atoms with Crippen LogP contribution in [-0.2, 0) is 14.6 Å². The lowest BCUT2D eigenvalue weighted by Crippen LogP contribution is -2.32. The lowest BCUT2D eigenvalue weighted by molar-refractivity contribution is -0.138. The van der Waals surface area contributed by atoms with Gasteiger partial charge < -0.3 is 10.8 Å². The Bertz CT molecular complexity index is 495. The molecule has 16 heavy (non-hydrogen) atoms. The molecule has 1 aliphatic heterocycles. The van der Waals surface area contributed by atoms with E-state index in [2.05, 4.69) is 5.92 Å². The SMILES string of the molecule is C#C[C@@H](C[C@@H](N)C(=O)O)C1=CS(=O)(=O)C=C1. The molecule has 0 saturated heterocycles.